The van der Waals surface area contributed by atoms with Gasteiger partial charge in [0.2, 0.25) is 0 Å². The van der Waals surface area contributed by atoms with E-state index in [0.29, 0.717) is 12.1 Å². The standard InChI is InChI=1S/C16H15N3OS/c1-10(17)16-19-14(9-21-16)15(20)8-11-6-7-18-13-5-3-2-4-12(11)13/h2-7,9-10H,8,17H2,1H3. The minimum absolute atomic E-state index is 0.00880. The molecule has 1 aromatic carbocycles. The minimum Gasteiger partial charge on any atom is -0.322 e. The second kappa shape index (κ2) is 5.71. The average Bonchev–Trinajstić information content (AvgIpc) is 2.98. The number of pyridine rings is 1. The van der Waals surface area contributed by atoms with Crippen LogP contribution < -0.4 is 5.73 Å². The van der Waals surface area contributed by atoms with Crippen LogP contribution in [0.1, 0.15) is 34.0 Å². The number of carbonyl (C=O) groups excluding carboxylic acids is 1. The van der Waals surface area contributed by atoms with Crippen LogP contribution in [0.5, 0.6) is 0 Å². The van der Waals surface area contributed by atoms with E-state index in [1.165, 1.54) is 11.3 Å². The monoisotopic (exact) mass is 297 g/mol. The predicted octanol–water partition coefficient (Wildman–Crippen LogP) is 3.14. The summed E-state index contributed by atoms with van der Waals surface area (Å²) >= 11 is 1.43. The van der Waals surface area contributed by atoms with Gasteiger partial charge in [-0.25, -0.2) is 4.98 Å². The number of rotatable bonds is 4. The number of fused-ring (bicyclic) bond motifs is 1. The van der Waals surface area contributed by atoms with Crippen molar-refractivity contribution in [2.75, 3.05) is 0 Å². The van der Waals surface area contributed by atoms with Crippen LogP contribution in [0.25, 0.3) is 10.9 Å². The molecule has 1 atom stereocenters. The molecule has 1 unspecified atom stereocenters. The molecule has 0 aliphatic rings. The lowest BCUT2D eigenvalue weighted by Crippen LogP contribution is -2.08. The molecule has 0 spiro atoms. The summed E-state index contributed by atoms with van der Waals surface area (Å²) < 4.78 is 0. The summed E-state index contributed by atoms with van der Waals surface area (Å²) in [6.07, 6.45) is 2.06. The number of para-hydroxylation sites is 1. The van der Waals surface area contributed by atoms with Crippen molar-refractivity contribution in [3.05, 3.63) is 58.2 Å². The Labute approximate surface area is 126 Å². The third kappa shape index (κ3) is 2.84. The SMILES string of the molecule is CC(N)c1nc(C(=O)Cc2ccnc3ccccc23)cs1. The summed E-state index contributed by atoms with van der Waals surface area (Å²) in [6, 6.07) is 9.57. The van der Waals surface area contributed by atoms with Gasteiger partial charge >= 0.3 is 0 Å². The zero-order chi connectivity index (χ0) is 14.8. The molecule has 0 radical (unpaired) electrons. The molecular weight excluding hydrogens is 282 g/mol. The third-order valence-electron chi connectivity index (χ3n) is 3.29. The van der Waals surface area contributed by atoms with Crippen molar-refractivity contribution in [1.29, 1.82) is 0 Å². The Kier molecular flexibility index (Phi) is 3.77. The molecule has 0 aliphatic heterocycles. The fraction of sp³-hybridized carbons (Fsp3) is 0.188. The molecule has 4 nitrogen and oxygen atoms in total. The molecule has 3 aromatic rings. The third-order valence-corrected chi connectivity index (χ3v) is 4.33. The van der Waals surface area contributed by atoms with Gasteiger partial charge in [0.05, 0.1) is 11.6 Å². The van der Waals surface area contributed by atoms with Gasteiger partial charge in [0.1, 0.15) is 10.7 Å². The predicted molar refractivity (Wildman–Crippen MR) is 84.5 cm³/mol. The van der Waals surface area contributed by atoms with Gasteiger partial charge < -0.3 is 5.73 Å². The van der Waals surface area contributed by atoms with Gasteiger partial charge in [-0.1, -0.05) is 18.2 Å². The van der Waals surface area contributed by atoms with E-state index in [0.717, 1.165) is 21.5 Å². The van der Waals surface area contributed by atoms with Gasteiger partial charge in [0.25, 0.3) is 0 Å². The topological polar surface area (TPSA) is 68.9 Å². The number of Topliss-reactive ketones (excluding diaryl/α,β-unsaturated/α-hetero) is 1. The Hall–Kier alpha value is -2.11. The van der Waals surface area contributed by atoms with E-state index in [2.05, 4.69) is 9.97 Å². The molecule has 21 heavy (non-hydrogen) atoms. The molecule has 2 N–H and O–H groups in total. The molecule has 106 valence electrons. The quantitative estimate of drug-likeness (QED) is 0.751. The van der Waals surface area contributed by atoms with Crippen LogP contribution >= 0.6 is 11.3 Å². The van der Waals surface area contributed by atoms with Crippen molar-refractivity contribution >= 4 is 28.0 Å². The highest BCUT2D eigenvalue weighted by molar-refractivity contribution is 7.09. The van der Waals surface area contributed by atoms with Gasteiger partial charge in [-0.05, 0) is 24.6 Å². The Balaban J connectivity index is 1.89. The lowest BCUT2D eigenvalue weighted by atomic mass is 10.0. The number of aromatic nitrogens is 2. The second-order valence-corrected chi connectivity index (χ2v) is 5.84. The van der Waals surface area contributed by atoms with E-state index >= 15 is 0 Å². The Bertz CT molecular complexity index is 790. The van der Waals surface area contributed by atoms with Crippen molar-refractivity contribution in [3.8, 4) is 0 Å². The average molecular weight is 297 g/mol. The highest BCUT2D eigenvalue weighted by Gasteiger charge is 2.14. The summed E-state index contributed by atoms with van der Waals surface area (Å²) in [6.45, 7) is 1.86. The van der Waals surface area contributed by atoms with Crippen LogP contribution in [0.3, 0.4) is 0 Å². The Morgan fingerprint density at radius 1 is 1.33 bits per heavy atom. The number of thiazole rings is 1. The van der Waals surface area contributed by atoms with Crippen LogP contribution in [0.15, 0.2) is 41.9 Å². The molecule has 0 saturated carbocycles. The van der Waals surface area contributed by atoms with E-state index in [-0.39, 0.29) is 11.8 Å². The molecular formula is C16H15N3OS. The van der Waals surface area contributed by atoms with Crippen LogP contribution in [-0.4, -0.2) is 15.8 Å². The maximum atomic E-state index is 12.4. The van der Waals surface area contributed by atoms with Gasteiger partial charge in [0, 0.05) is 23.4 Å². The van der Waals surface area contributed by atoms with Crippen molar-refractivity contribution in [2.24, 2.45) is 5.73 Å². The number of nitrogens with zero attached hydrogens (tertiary/aromatic N) is 2. The maximum Gasteiger partial charge on any atom is 0.186 e. The van der Waals surface area contributed by atoms with E-state index in [1.54, 1.807) is 11.6 Å². The molecule has 0 saturated heterocycles. The fourth-order valence-corrected chi connectivity index (χ4v) is 2.98. The zero-order valence-corrected chi connectivity index (χ0v) is 12.4. The summed E-state index contributed by atoms with van der Waals surface area (Å²) in [4.78, 5) is 21.0. The fourth-order valence-electron chi connectivity index (χ4n) is 2.20. The van der Waals surface area contributed by atoms with Crippen LogP contribution in [0.4, 0.5) is 0 Å². The number of ketones is 1. The van der Waals surface area contributed by atoms with Crippen molar-refractivity contribution in [1.82, 2.24) is 9.97 Å². The van der Waals surface area contributed by atoms with E-state index < -0.39 is 0 Å². The summed E-state index contributed by atoms with van der Waals surface area (Å²) in [5.41, 5.74) is 8.15. The van der Waals surface area contributed by atoms with Gasteiger partial charge in [-0.15, -0.1) is 11.3 Å². The lowest BCUT2D eigenvalue weighted by molar-refractivity contribution is 0.0989. The number of benzene rings is 1. The summed E-state index contributed by atoms with van der Waals surface area (Å²) in [7, 11) is 0. The Morgan fingerprint density at radius 2 is 2.14 bits per heavy atom. The van der Waals surface area contributed by atoms with Gasteiger partial charge in [0.15, 0.2) is 5.78 Å². The summed E-state index contributed by atoms with van der Waals surface area (Å²) in [5.74, 6) is 0.00880. The minimum atomic E-state index is -0.140. The molecule has 0 bridgehead atoms. The Morgan fingerprint density at radius 3 is 2.90 bits per heavy atom. The first-order valence-corrected chi connectivity index (χ1v) is 7.60. The van der Waals surface area contributed by atoms with Gasteiger partial charge in [-0.2, -0.15) is 0 Å². The molecule has 0 amide bonds. The van der Waals surface area contributed by atoms with Crippen molar-refractivity contribution < 1.29 is 4.79 Å². The van der Waals surface area contributed by atoms with Crippen molar-refractivity contribution in [3.63, 3.8) is 0 Å². The van der Waals surface area contributed by atoms with Crippen LogP contribution in [0, 0.1) is 0 Å². The van der Waals surface area contributed by atoms with E-state index in [4.69, 9.17) is 5.73 Å². The molecule has 2 heterocycles. The number of carbonyl (C=O) groups is 1. The largest absolute Gasteiger partial charge is 0.322 e. The highest BCUT2D eigenvalue weighted by atomic mass is 32.1. The summed E-state index contributed by atoms with van der Waals surface area (Å²) in [5, 5.41) is 3.58. The normalized spacial score (nSPS) is 12.5. The van der Waals surface area contributed by atoms with Crippen LogP contribution in [0.2, 0.25) is 0 Å². The first kappa shape index (κ1) is 13.9. The van der Waals surface area contributed by atoms with E-state index in [1.807, 2.05) is 37.3 Å². The number of nitrogens with two attached hydrogens (primary N) is 1. The van der Waals surface area contributed by atoms with Crippen molar-refractivity contribution in [2.45, 2.75) is 19.4 Å². The lowest BCUT2D eigenvalue weighted by Gasteiger charge is -2.04. The highest BCUT2D eigenvalue weighted by Crippen LogP contribution is 2.20. The van der Waals surface area contributed by atoms with E-state index in [9.17, 15) is 4.79 Å². The molecule has 3 rings (SSSR count). The maximum absolute atomic E-state index is 12.4. The van der Waals surface area contributed by atoms with Crippen LogP contribution in [-0.2, 0) is 6.42 Å². The molecule has 0 fully saturated rings. The molecule has 2 aromatic heterocycles. The smallest absolute Gasteiger partial charge is 0.186 e. The number of hydrogen-bond donors (Lipinski definition) is 1. The second-order valence-electron chi connectivity index (χ2n) is 4.95. The number of hydrogen-bond acceptors (Lipinski definition) is 5. The van der Waals surface area contributed by atoms with Gasteiger partial charge in [-0.3, -0.25) is 9.78 Å². The first-order valence-electron chi connectivity index (χ1n) is 6.72. The molecule has 0 aliphatic carbocycles. The first-order chi connectivity index (χ1) is 10.1. The molecule has 5 heteroatoms. The zero-order valence-electron chi connectivity index (χ0n) is 11.6.